The van der Waals surface area contributed by atoms with Crippen LogP contribution in [0.3, 0.4) is 0 Å². The summed E-state index contributed by atoms with van der Waals surface area (Å²) in [4.78, 5) is 32.7. The number of nitrogens with zero attached hydrogens (tertiary/aromatic N) is 2. The minimum Gasteiger partial charge on any atom is -0.350 e. The molecule has 132 valence electrons. The Morgan fingerprint density at radius 1 is 1.08 bits per heavy atom. The lowest BCUT2D eigenvalue weighted by Gasteiger charge is -2.27. The van der Waals surface area contributed by atoms with Crippen LogP contribution in [-0.4, -0.2) is 41.4 Å². The smallest absolute Gasteiger partial charge is 0.276 e. The quantitative estimate of drug-likeness (QED) is 0.732. The Balaban J connectivity index is 0.00000225. The highest BCUT2D eigenvalue weighted by molar-refractivity contribution is 6.30. The van der Waals surface area contributed by atoms with Gasteiger partial charge < -0.3 is 16.0 Å². The van der Waals surface area contributed by atoms with E-state index in [0.717, 1.165) is 13.1 Å². The Morgan fingerprint density at radius 3 is 2.24 bits per heavy atom. The van der Waals surface area contributed by atoms with E-state index in [1.54, 1.807) is 24.3 Å². The van der Waals surface area contributed by atoms with Crippen LogP contribution in [0.2, 0.25) is 5.02 Å². The van der Waals surface area contributed by atoms with Gasteiger partial charge in [-0.25, -0.2) is 9.97 Å². The summed E-state index contributed by atoms with van der Waals surface area (Å²) in [6.07, 6.45) is 2.77. The largest absolute Gasteiger partial charge is 0.350 e. The van der Waals surface area contributed by atoms with Gasteiger partial charge in [-0.15, -0.1) is 12.4 Å². The van der Waals surface area contributed by atoms with E-state index in [0.29, 0.717) is 23.2 Å². The number of rotatable bonds is 5. The van der Waals surface area contributed by atoms with Crippen LogP contribution in [0, 0.1) is 5.92 Å². The Labute approximate surface area is 156 Å². The zero-order valence-electron chi connectivity index (χ0n) is 13.2. The van der Waals surface area contributed by atoms with Crippen molar-refractivity contribution in [3.8, 4) is 0 Å². The van der Waals surface area contributed by atoms with Crippen LogP contribution >= 0.6 is 24.0 Å². The molecule has 1 aliphatic heterocycles. The Bertz CT molecular complexity index is 750. The molecule has 7 nitrogen and oxygen atoms in total. The lowest BCUT2D eigenvalue weighted by molar-refractivity contribution is 0.0923. The normalized spacial score (nSPS) is 13.3. The molecule has 2 amide bonds. The van der Waals surface area contributed by atoms with Crippen LogP contribution in [0.5, 0.6) is 0 Å². The van der Waals surface area contributed by atoms with E-state index in [2.05, 4.69) is 25.9 Å². The summed E-state index contributed by atoms with van der Waals surface area (Å²) in [6, 6.07) is 6.65. The average molecular weight is 382 g/mol. The lowest BCUT2D eigenvalue weighted by Crippen LogP contribution is -2.48. The molecule has 3 rings (SSSR count). The second-order valence-corrected chi connectivity index (χ2v) is 5.89. The fourth-order valence-electron chi connectivity index (χ4n) is 2.21. The molecule has 0 aliphatic carbocycles. The van der Waals surface area contributed by atoms with Crippen molar-refractivity contribution in [2.75, 3.05) is 25.0 Å². The van der Waals surface area contributed by atoms with Gasteiger partial charge in [-0.2, -0.15) is 0 Å². The molecule has 2 heterocycles. The number of hydrogen-bond donors (Lipinski definition) is 3. The number of amides is 2. The molecule has 1 aliphatic rings. The number of carbonyl (C=O) groups is 2. The monoisotopic (exact) mass is 381 g/mol. The van der Waals surface area contributed by atoms with E-state index in [9.17, 15) is 9.59 Å². The van der Waals surface area contributed by atoms with Crippen molar-refractivity contribution < 1.29 is 9.59 Å². The molecule has 0 radical (unpaired) electrons. The minimum atomic E-state index is -0.499. The van der Waals surface area contributed by atoms with Crippen molar-refractivity contribution in [1.29, 1.82) is 0 Å². The maximum atomic E-state index is 12.4. The number of halogens is 2. The molecule has 9 heteroatoms. The van der Waals surface area contributed by atoms with Crippen LogP contribution in [-0.2, 0) is 0 Å². The minimum absolute atomic E-state index is 0. The summed E-state index contributed by atoms with van der Waals surface area (Å²) in [5, 5.41) is 9.17. The van der Waals surface area contributed by atoms with E-state index < -0.39 is 11.8 Å². The molecule has 1 fully saturated rings. The molecule has 0 saturated carbocycles. The molecule has 1 aromatic heterocycles. The number of hydrogen-bond acceptors (Lipinski definition) is 5. The first kappa shape index (κ1) is 19.1. The maximum Gasteiger partial charge on any atom is 0.276 e. The van der Waals surface area contributed by atoms with Crippen molar-refractivity contribution >= 4 is 41.5 Å². The molecule has 0 atom stereocenters. The predicted octanol–water partition coefficient (Wildman–Crippen LogP) is 1.75. The molecule has 3 N–H and O–H groups in total. The van der Waals surface area contributed by atoms with E-state index in [1.807, 2.05) is 0 Å². The number of anilines is 1. The van der Waals surface area contributed by atoms with Crippen LogP contribution < -0.4 is 16.0 Å². The summed E-state index contributed by atoms with van der Waals surface area (Å²) in [7, 11) is 0. The van der Waals surface area contributed by atoms with Gasteiger partial charge in [0.05, 0.1) is 0 Å². The molecule has 2 aromatic rings. The fourth-order valence-corrected chi connectivity index (χ4v) is 2.33. The summed E-state index contributed by atoms with van der Waals surface area (Å²) in [5.41, 5.74) is 0.551. The highest BCUT2D eigenvalue weighted by Gasteiger charge is 2.22. The summed E-state index contributed by atoms with van der Waals surface area (Å²) >= 11 is 5.82. The van der Waals surface area contributed by atoms with E-state index in [4.69, 9.17) is 11.6 Å². The van der Waals surface area contributed by atoms with Gasteiger partial charge in [-0.05, 0) is 24.3 Å². The molecule has 0 spiro atoms. The zero-order valence-corrected chi connectivity index (χ0v) is 14.7. The molecule has 1 saturated heterocycles. The third kappa shape index (κ3) is 4.88. The average Bonchev–Trinajstić information content (AvgIpc) is 2.55. The highest BCUT2D eigenvalue weighted by Crippen LogP contribution is 2.14. The molecule has 0 bridgehead atoms. The van der Waals surface area contributed by atoms with Gasteiger partial charge >= 0.3 is 0 Å². The third-order valence-corrected chi connectivity index (χ3v) is 3.90. The second kappa shape index (κ2) is 8.75. The van der Waals surface area contributed by atoms with Crippen LogP contribution in [0.25, 0.3) is 0 Å². The van der Waals surface area contributed by atoms with Gasteiger partial charge in [0.25, 0.3) is 11.8 Å². The van der Waals surface area contributed by atoms with Crippen LogP contribution in [0.4, 0.5) is 5.69 Å². The van der Waals surface area contributed by atoms with E-state index >= 15 is 0 Å². The van der Waals surface area contributed by atoms with Crippen molar-refractivity contribution in [1.82, 2.24) is 20.6 Å². The molecule has 25 heavy (non-hydrogen) atoms. The standard InChI is InChI=1S/C16H16ClN5O2.ClH/c17-11-1-3-12(4-2-11)22-16(24)14-13(19-5-6-20-14)15(23)21-9-10-7-18-8-10;/h1-6,10,18H,7-9H2,(H,21,23)(H,22,24);1H. The SMILES string of the molecule is Cl.O=C(NCC1CNC1)c1nccnc1C(=O)Nc1ccc(Cl)cc1. The first-order valence-corrected chi connectivity index (χ1v) is 7.88. The zero-order chi connectivity index (χ0) is 16.9. The van der Waals surface area contributed by atoms with E-state index in [-0.39, 0.29) is 23.8 Å². The molecule has 0 unspecified atom stereocenters. The van der Waals surface area contributed by atoms with Crippen molar-refractivity contribution in [3.63, 3.8) is 0 Å². The Hall–Kier alpha value is -2.22. The molecular formula is C16H17Cl2N5O2. The van der Waals surface area contributed by atoms with Gasteiger partial charge in [-0.1, -0.05) is 11.6 Å². The van der Waals surface area contributed by atoms with Crippen LogP contribution in [0.1, 0.15) is 21.0 Å². The van der Waals surface area contributed by atoms with Crippen molar-refractivity contribution in [2.24, 2.45) is 5.92 Å². The number of nitrogens with one attached hydrogen (secondary N) is 3. The third-order valence-electron chi connectivity index (χ3n) is 3.65. The van der Waals surface area contributed by atoms with Crippen molar-refractivity contribution in [3.05, 3.63) is 53.1 Å². The Kier molecular flexibility index (Phi) is 6.69. The Morgan fingerprint density at radius 2 is 1.68 bits per heavy atom. The second-order valence-electron chi connectivity index (χ2n) is 5.45. The van der Waals surface area contributed by atoms with Crippen molar-refractivity contribution in [2.45, 2.75) is 0 Å². The van der Waals surface area contributed by atoms with Gasteiger partial charge in [0, 0.05) is 48.7 Å². The number of aromatic nitrogens is 2. The lowest BCUT2D eigenvalue weighted by atomic mass is 10.0. The molecule has 1 aromatic carbocycles. The van der Waals surface area contributed by atoms with Crippen LogP contribution in [0.15, 0.2) is 36.7 Å². The maximum absolute atomic E-state index is 12.4. The molecular weight excluding hydrogens is 365 g/mol. The van der Waals surface area contributed by atoms with Gasteiger partial charge in [0.2, 0.25) is 0 Å². The first-order valence-electron chi connectivity index (χ1n) is 7.50. The van der Waals surface area contributed by atoms with E-state index in [1.165, 1.54) is 12.4 Å². The fraction of sp³-hybridized carbons (Fsp3) is 0.250. The van der Waals surface area contributed by atoms with Gasteiger partial charge in [0.15, 0.2) is 11.4 Å². The summed E-state index contributed by atoms with van der Waals surface area (Å²) in [5.74, 6) is -0.492. The summed E-state index contributed by atoms with van der Waals surface area (Å²) < 4.78 is 0. The van der Waals surface area contributed by atoms with Gasteiger partial charge in [-0.3, -0.25) is 9.59 Å². The van der Waals surface area contributed by atoms with Gasteiger partial charge in [0.1, 0.15) is 0 Å². The number of benzene rings is 1. The predicted molar refractivity (Wildman–Crippen MR) is 97.4 cm³/mol. The highest BCUT2D eigenvalue weighted by atomic mass is 35.5. The summed E-state index contributed by atoms with van der Waals surface area (Å²) in [6.45, 7) is 2.30. The first-order chi connectivity index (χ1) is 11.6. The topological polar surface area (TPSA) is 96.0 Å². The number of carbonyl (C=O) groups excluding carboxylic acids is 2.